The van der Waals surface area contributed by atoms with Crippen LogP contribution < -0.4 is 20.2 Å². The molecule has 0 aliphatic carbocycles. The minimum absolute atomic E-state index is 0.0992. The lowest BCUT2D eigenvalue weighted by atomic mass is 10.1. The van der Waals surface area contributed by atoms with Crippen LogP contribution in [0.5, 0.6) is 5.75 Å². The number of nitrogens with zero attached hydrogens (tertiary/aromatic N) is 6. The Balaban J connectivity index is 1.45. The van der Waals surface area contributed by atoms with Crippen LogP contribution in [0, 0.1) is 11.3 Å². The summed E-state index contributed by atoms with van der Waals surface area (Å²) in [7, 11) is 1.61. The van der Waals surface area contributed by atoms with E-state index in [4.69, 9.17) is 4.74 Å². The van der Waals surface area contributed by atoms with Crippen LogP contribution in [0.25, 0.3) is 5.69 Å². The molecule has 0 N–H and O–H groups in total. The van der Waals surface area contributed by atoms with Gasteiger partial charge < -0.3 is 14.5 Å². The summed E-state index contributed by atoms with van der Waals surface area (Å²) in [6, 6.07) is 16.1. The minimum atomic E-state index is -0.0992. The van der Waals surface area contributed by atoms with Gasteiger partial charge in [-0.25, -0.2) is 14.0 Å². The van der Waals surface area contributed by atoms with Gasteiger partial charge in [-0.2, -0.15) is 10.4 Å². The third kappa shape index (κ3) is 4.44. The molecule has 1 fully saturated rings. The lowest BCUT2D eigenvalue weighted by Gasteiger charge is -2.37. The monoisotopic (exact) mass is 446 g/mol. The molecule has 1 aliphatic rings. The van der Waals surface area contributed by atoms with Crippen LogP contribution in [0.4, 0.5) is 11.4 Å². The molecule has 2 heterocycles. The summed E-state index contributed by atoms with van der Waals surface area (Å²) < 4.78 is 8.43. The van der Waals surface area contributed by atoms with E-state index in [9.17, 15) is 10.1 Å². The molecule has 4 rings (SSSR count). The van der Waals surface area contributed by atoms with E-state index in [-0.39, 0.29) is 11.7 Å². The Kier molecular flexibility index (Phi) is 6.68. The largest absolute Gasteiger partial charge is 0.497 e. The molecule has 0 bridgehead atoms. The van der Waals surface area contributed by atoms with Crippen LogP contribution in [0.2, 0.25) is 0 Å². The summed E-state index contributed by atoms with van der Waals surface area (Å²) in [5.74, 6) is 0.693. The van der Waals surface area contributed by atoms with Gasteiger partial charge in [-0.15, -0.1) is 0 Å². The van der Waals surface area contributed by atoms with Crippen LogP contribution in [0.3, 0.4) is 0 Å². The number of hydrogen-bond donors (Lipinski definition) is 0. The zero-order chi connectivity index (χ0) is 23.4. The standard InChI is InChI=1S/C25H30N6O2/c1-4-20(5-2)31-25(32)30(18-27-31)22-8-6-21(7-9-22)28-12-14-29(15-13-28)24-11-10-23(33-3)16-19(24)17-26/h6-11,16,18,20H,4-5,12-15H2,1-3H3. The Hall–Kier alpha value is -3.73. The molecule has 33 heavy (non-hydrogen) atoms. The van der Waals surface area contributed by atoms with Crippen LogP contribution in [0.1, 0.15) is 38.3 Å². The Morgan fingerprint density at radius 1 is 1.00 bits per heavy atom. The lowest BCUT2D eigenvalue weighted by Crippen LogP contribution is -2.46. The third-order valence-electron chi connectivity index (χ3n) is 6.42. The van der Waals surface area contributed by atoms with E-state index in [1.54, 1.807) is 28.8 Å². The summed E-state index contributed by atoms with van der Waals surface area (Å²) in [6.07, 6.45) is 3.37. The van der Waals surface area contributed by atoms with Crippen molar-refractivity contribution in [3.63, 3.8) is 0 Å². The van der Waals surface area contributed by atoms with E-state index >= 15 is 0 Å². The fraction of sp³-hybridized carbons (Fsp3) is 0.400. The molecule has 0 unspecified atom stereocenters. The van der Waals surface area contributed by atoms with Crippen LogP contribution in [0.15, 0.2) is 53.6 Å². The summed E-state index contributed by atoms with van der Waals surface area (Å²) in [4.78, 5) is 17.4. The predicted molar refractivity (Wildman–Crippen MR) is 130 cm³/mol. The first-order valence-electron chi connectivity index (χ1n) is 11.4. The second-order valence-corrected chi connectivity index (χ2v) is 8.18. The molecule has 0 spiro atoms. The maximum atomic E-state index is 12.8. The van der Waals surface area contributed by atoms with E-state index in [0.717, 1.165) is 56.1 Å². The number of nitriles is 1. The van der Waals surface area contributed by atoms with Gasteiger partial charge >= 0.3 is 5.69 Å². The Morgan fingerprint density at radius 2 is 1.64 bits per heavy atom. The number of anilines is 2. The molecule has 3 aromatic rings. The quantitative estimate of drug-likeness (QED) is 0.552. The zero-order valence-electron chi connectivity index (χ0n) is 19.4. The second kappa shape index (κ2) is 9.82. The van der Waals surface area contributed by atoms with Gasteiger partial charge in [0.25, 0.3) is 0 Å². The maximum absolute atomic E-state index is 12.8. The number of aromatic nitrogens is 3. The normalized spacial score (nSPS) is 13.9. The predicted octanol–water partition coefficient (Wildman–Crippen LogP) is 3.60. The molecular weight excluding hydrogens is 416 g/mol. The number of piperazine rings is 1. The van der Waals surface area contributed by atoms with E-state index in [1.807, 2.05) is 24.3 Å². The Bertz CT molecular complexity index is 1180. The summed E-state index contributed by atoms with van der Waals surface area (Å²) in [5.41, 5.74) is 3.41. The van der Waals surface area contributed by atoms with E-state index in [0.29, 0.717) is 11.3 Å². The van der Waals surface area contributed by atoms with Gasteiger partial charge in [0.15, 0.2) is 0 Å². The molecule has 1 saturated heterocycles. The average Bonchev–Trinajstić information content (AvgIpc) is 3.25. The van der Waals surface area contributed by atoms with Gasteiger partial charge in [0.05, 0.1) is 30.1 Å². The average molecular weight is 447 g/mol. The first-order chi connectivity index (χ1) is 16.1. The molecule has 8 heteroatoms. The Labute approximate surface area is 194 Å². The topological polar surface area (TPSA) is 79.3 Å². The van der Waals surface area contributed by atoms with Crippen molar-refractivity contribution >= 4 is 11.4 Å². The van der Waals surface area contributed by atoms with Crippen LogP contribution >= 0.6 is 0 Å². The SMILES string of the molecule is CCC(CC)n1ncn(-c2ccc(N3CCN(c4ccc(OC)cc4C#N)CC3)cc2)c1=O. The molecule has 0 amide bonds. The molecule has 1 aromatic heterocycles. The first kappa shape index (κ1) is 22.5. The fourth-order valence-corrected chi connectivity index (χ4v) is 4.42. The molecule has 0 atom stereocenters. The summed E-state index contributed by atoms with van der Waals surface area (Å²) in [6.45, 7) is 7.49. The van der Waals surface area contributed by atoms with Crippen molar-refractivity contribution in [2.45, 2.75) is 32.7 Å². The van der Waals surface area contributed by atoms with Crippen molar-refractivity contribution in [2.24, 2.45) is 0 Å². The van der Waals surface area contributed by atoms with Crippen LogP contribution in [-0.4, -0.2) is 47.6 Å². The highest BCUT2D eigenvalue weighted by Gasteiger charge is 2.20. The smallest absolute Gasteiger partial charge is 0.350 e. The van der Waals surface area contributed by atoms with E-state index < -0.39 is 0 Å². The van der Waals surface area contributed by atoms with Gasteiger partial charge in [-0.3, -0.25) is 0 Å². The van der Waals surface area contributed by atoms with Crippen molar-refractivity contribution < 1.29 is 4.74 Å². The van der Waals surface area contributed by atoms with Crippen molar-refractivity contribution in [1.82, 2.24) is 14.3 Å². The summed E-state index contributed by atoms with van der Waals surface area (Å²) in [5, 5.41) is 13.9. The number of hydrogen-bond acceptors (Lipinski definition) is 6. The molecular formula is C25H30N6O2. The van der Waals surface area contributed by atoms with Gasteiger partial charge in [0.1, 0.15) is 18.1 Å². The second-order valence-electron chi connectivity index (χ2n) is 8.18. The zero-order valence-corrected chi connectivity index (χ0v) is 19.4. The summed E-state index contributed by atoms with van der Waals surface area (Å²) >= 11 is 0. The highest BCUT2D eigenvalue weighted by Crippen LogP contribution is 2.27. The van der Waals surface area contributed by atoms with Crippen LogP contribution in [-0.2, 0) is 0 Å². The van der Waals surface area contributed by atoms with Gasteiger partial charge in [0, 0.05) is 31.9 Å². The Morgan fingerprint density at radius 3 is 2.24 bits per heavy atom. The van der Waals surface area contributed by atoms with E-state index in [1.165, 1.54) is 0 Å². The molecule has 1 aliphatic heterocycles. The highest BCUT2D eigenvalue weighted by molar-refractivity contribution is 5.63. The number of rotatable bonds is 7. The minimum Gasteiger partial charge on any atom is -0.497 e. The van der Waals surface area contributed by atoms with Crippen molar-refractivity contribution in [1.29, 1.82) is 5.26 Å². The van der Waals surface area contributed by atoms with Gasteiger partial charge in [-0.1, -0.05) is 13.8 Å². The van der Waals surface area contributed by atoms with Crippen molar-refractivity contribution in [3.05, 3.63) is 64.8 Å². The number of methoxy groups -OCH3 is 1. The van der Waals surface area contributed by atoms with Crippen molar-refractivity contribution in [2.75, 3.05) is 43.1 Å². The molecule has 8 nitrogen and oxygen atoms in total. The fourth-order valence-electron chi connectivity index (χ4n) is 4.42. The molecule has 172 valence electrons. The van der Waals surface area contributed by atoms with E-state index in [2.05, 4.69) is 46.9 Å². The van der Waals surface area contributed by atoms with Gasteiger partial charge in [0.2, 0.25) is 0 Å². The molecule has 0 radical (unpaired) electrons. The third-order valence-corrected chi connectivity index (χ3v) is 6.42. The highest BCUT2D eigenvalue weighted by atomic mass is 16.5. The number of benzene rings is 2. The molecule has 0 saturated carbocycles. The lowest BCUT2D eigenvalue weighted by molar-refractivity contribution is 0.414. The first-order valence-corrected chi connectivity index (χ1v) is 11.4. The van der Waals surface area contributed by atoms with Crippen molar-refractivity contribution in [3.8, 4) is 17.5 Å². The molecule has 2 aromatic carbocycles. The number of ether oxygens (including phenoxy) is 1. The van der Waals surface area contributed by atoms with Gasteiger partial charge in [-0.05, 0) is 55.3 Å². The maximum Gasteiger partial charge on any atom is 0.350 e.